The van der Waals surface area contributed by atoms with Crippen LogP contribution in [-0.2, 0) is 10.3 Å². The summed E-state index contributed by atoms with van der Waals surface area (Å²) in [4.78, 5) is 11.7. The summed E-state index contributed by atoms with van der Waals surface area (Å²) < 4.78 is 0.557. The lowest BCUT2D eigenvalue weighted by Crippen LogP contribution is -2.39. The highest BCUT2D eigenvalue weighted by Gasteiger charge is 2.42. The average molecular weight is 223 g/mol. The molecule has 1 fully saturated rings. The fourth-order valence-electron chi connectivity index (χ4n) is 1.43. The number of hydrogen-bond acceptors (Lipinski definition) is 3. The van der Waals surface area contributed by atoms with Gasteiger partial charge in [-0.3, -0.25) is 4.79 Å². The van der Waals surface area contributed by atoms with E-state index in [4.69, 9.17) is 12.2 Å². The molecule has 0 amide bonds. The van der Waals surface area contributed by atoms with Crippen LogP contribution < -0.4 is 5.32 Å². The summed E-state index contributed by atoms with van der Waals surface area (Å²) in [5.74, 6) is 0. The van der Waals surface area contributed by atoms with E-state index in [1.54, 1.807) is 0 Å². The molecular weight excluding hydrogens is 214 g/mol. The van der Waals surface area contributed by atoms with E-state index in [-0.39, 0.29) is 5.12 Å². The number of thiocarbonyl (C=S) groups is 1. The van der Waals surface area contributed by atoms with Crippen LogP contribution in [0, 0.1) is 0 Å². The number of hydrogen-bond donors (Lipinski definition) is 1. The Bertz CT molecular complexity index is 390. The smallest absolute Gasteiger partial charge is 0.225 e. The molecule has 1 aliphatic heterocycles. The maximum atomic E-state index is 11.7. The van der Waals surface area contributed by atoms with Crippen molar-refractivity contribution in [1.29, 1.82) is 0 Å². The molecule has 1 aliphatic rings. The Kier molecular flexibility index (Phi) is 2.33. The predicted molar refractivity (Wildman–Crippen MR) is 62.1 cm³/mol. The zero-order valence-corrected chi connectivity index (χ0v) is 9.24. The van der Waals surface area contributed by atoms with Crippen molar-refractivity contribution in [2.75, 3.05) is 0 Å². The number of rotatable bonds is 1. The molecule has 72 valence electrons. The molecule has 2 rings (SSSR count). The Morgan fingerprint density at radius 3 is 2.50 bits per heavy atom. The van der Waals surface area contributed by atoms with Gasteiger partial charge >= 0.3 is 0 Å². The highest BCUT2D eigenvalue weighted by molar-refractivity contribution is 8.33. The van der Waals surface area contributed by atoms with Gasteiger partial charge in [0.05, 0.1) is 0 Å². The quantitative estimate of drug-likeness (QED) is 0.738. The Morgan fingerprint density at radius 2 is 2.00 bits per heavy atom. The number of nitrogens with one attached hydrogen (secondary N) is 1. The lowest BCUT2D eigenvalue weighted by Gasteiger charge is -2.21. The lowest BCUT2D eigenvalue weighted by atomic mass is 9.94. The first-order valence-electron chi connectivity index (χ1n) is 4.23. The Labute approximate surface area is 92.1 Å². The topological polar surface area (TPSA) is 29.1 Å². The minimum absolute atomic E-state index is 0.0636. The molecule has 0 unspecified atom stereocenters. The largest absolute Gasteiger partial charge is 0.354 e. The zero-order chi connectivity index (χ0) is 10.2. The first-order valence-corrected chi connectivity index (χ1v) is 5.45. The molecule has 2 nitrogen and oxygen atoms in total. The molecule has 0 spiro atoms. The molecule has 14 heavy (non-hydrogen) atoms. The Hall–Kier alpha value is -0.870. The molecule has 1 saturated heterocycles. The van der Waals surface area contributed by atoms with Gasteiger partial charge < -0.3 is 5.32 Å². The van der Waals surface area contributed by atoms with Gasteiger partial charge in [-0.15, -0.1) is 0 Å². The molecular formula is C10H9NOS2. The third-order valence-electron chi connectivity index (χ3n) is 2.30. The second-order valence-corrected chi connectivity index (χ2v) is 4.94. The molecule has 0 bridgehead atoms. The van der Waals surface area contributed by atoms with Crippen molar-refractivity contribution in [3.63, 3.8) is 0 Å². The summed E-state index contributed by atoms with van der Waals surface area (Å²) in [6.07, 6.45) is 0. The number of carbonyl (C=O) groups excluding carboxylic acids is 1. The second-order valence-electron chi connectivity index (χ2n) is 3.29. The van der Waals surface area contributed by atoms with Crippen molar-refractivity contribution < 1.29 is 4.79 Å². The Morgan fingerprint density at radius 1 is 1.36 bits per heavy atom. The number of benzene rings is 1. The van der Waals surface area contributed by atoms with Gasteiger partial charge in [0.1, 0.15) is 9.86 Å². The molecule has 1 N–H and O–H groups in total. The normalized spacial score (nSPS) is 26.4. The van der Waals surface area contributed by atoms with Gasteiger partial charge in [0.15, 0.2) is 0 Å². The van der Waals surface area contributed by atoms with E-state index in [1.165, 1.54) is 0 Å². The first kappa shape index (κ1) is 9.68. The highest BCUT2D eigenvalue weighted by atomic mass is 32.2. The van der Waals surface area contributed by atoms with Gasteiger partial charge in [0, 0.05) is 0 Å². The fraction of sp³-hybridized carbons (Fsp3) is 0.200. The van der Waals surface area contributed by atoms with Crippen molar-refractivity contribution in [2.45, 2.75) is 12.5 Å². The van der Waals surface area contributed by atoms with E-state index in [9.17, 15) is 4.79 Å². The van der Waals surface area contributed by atoms with Crippen LogP contribution >= 0.6 is 24.0 Å². The fourth-order valence-corrected chi connectivity index (χ4v) is 2.66. The zero-order valence-electron chi connectivity index (χ0n) is 7.61. The lowest BCUT2D eigenvalue weighted by molar-refractivity contribution is -0.115. The van der Waals surface area contributed by atoms with Crippen LogP contribution in [0.1, 0.15) is 12.5 Å². The van der Waals surface area contributed by atoms with Gasteiger partial charge in [-0.05, 0) is 24.2 Å². The molecule has 1 aromatic rings. The number of carbonyl (C=O) groups is 1. The molecule has 1 heterocycles. The molecule has 0 aromatic heterocycles. The van der Waals surface area contributed by atoms with Crippen LogP contribution in [0.4, 0.5) is 0 Å². The average Bonchev–Trinajstić information content (AvgIpc) is 2.43. The van der Waals surface area contributed by atoms with Crippen LogP contribution in [0.5, 0.6) is 0 Å². The summed E-state index contributed by atoms with van der Waals surface area (Å²) in [6.45, 7) is 1.86. The second kappa shape index (κ2) is 3.37. The monoisotopic (exact) mass is 223 g/mol. The van der Waals surface area contributed by atoms with E-state index < -0.39 is 5.54 Å². The minimum Gasteiger partial charge on any atom is -0.354 e. The van der Waals surface area contributed by atoms with Crippen molar-refractivity contribution in [2.24, 2.45) is 0 Å². The summed E-state index contributed by atoms with van der Waals surface area (Å²) in [6, 6.07) is 9.62. The van der Waals surface area contributed by atoms with Gasteiger partial charge in [-0.25, -0.2) is 0 Å². The molecule has 1 aromatic carbocycles. The minimum atomic E-state index is -0.650. The summed E-state index contributed by atoms with van der Waals surface area (Å²) >= 11 is 6.08. The Balaban J connectivity index is 2.43. The van der Waals surface area contributed by atoms with Gasteiger partial charge in [0.2, 0.25) is 5.12 Å². The van der Waals surface area contributed by atoms with E-state index in [2.05, 4.69) is 5.32 Å². The molecule has 0 saturated carbocycles. The van der Waals surface area contributed by atoms with Gasteiger partial charge in [-0.1, -0.05) is 42.5 Å². The van der Waals surface area contributed by atoms with E-state index in [0.29, 0.717) is 4.32 Å². The summed E-state index contributed by atoms with van der Waals surface area (Å²) in [5.41, 5.74) is 0.306. The van der Waals surface area contributed by atoms with Crippen LogP contribution in [0.2, 0.25) is 0 Å². The third-order valence-corrected chi connectivity index (χ3v) is 3.53. The predicted octanol–water partition coefficient (Wildman–Crippen LogP) is 2.05. The molecule has 1 atom stereocenters. The van der Waals surface area contributed by atoms with Crippen molar-refractivity contribution >= 4 is 33.4 Å². The van der Waals surface area contributed by atoms with Gasteiger partial charge in [-0.2, -0.15) is 0 Å². The molecule has 0 aliphatic carbocycles. The van der Waals surface area contributed by atoms with E-state index >= 15 is 0 Å². The third kappa shape index (κ3) is 1.44. The highest BCUT2D eigenvalue weighted by Crippen LogP contribution is 2.33. The van der Waals surface area contributed by atoms with Gasteiger partial charge in [0.25, 0.3) is 0 Å². The molecule has 4 heteroatoms. The van der Waals surface area contributed by atoms with Crippen LogP contribution in [0.3, 0.4) is 0 Å². The van der Waals surface area contributed by atoms with Crippen LogP contribution in [-0.4, -0.2) is 9.44 Å². The number of thioether (sulfide) groups is 1. The maximum Gasteiger partial charge on any atom is 0.225 e. The standard InChI is InChI=1S/C10H9NOS2/c1-10(7-5-3-2-4-6-7)8(12)14-9(13)11-10/h2-6H,1H3,(H,11,13)/t10-/m0/s1. The van der Waals surface area contributed by atoms with Crippen molar-refractivity contribution in [1.82, 2.24) is 5.32 Å². The van der Waals surface area contributed by atoms with E-state index in [1.807, 2.05) is 37.3 Å². The summed E-state index contributed by atoms with van der Waals surface area (Å²) in [7, 11) is 0. The van der Waals surface area contributed by atoms with Crippen LogP contribution in [0.25, 0.3) is 0 Å². The van der Waals surface area contributed by atoms with Crippen LogP contribution in [0.15, 0.2) is 30.3 Å². The van der Waals surface area contributed by atoms with Crippen molar-refractivity contribution in [3.05, 3.63) is 35.9 Å². The maximum absolute atomic E-state index is 11.7. The molecule has 0 radical (unpaired) electrons. The van der Waals surface area contributed by atoms with Crippen molar-refractivity contribution in [3.8, 4) is 0 Å². The first-order chi connectivity index (χ1) is 6.63. The summed E-state index contributed by atoms with van der Waals surface area (Å²) in [5, 5.41) is 3.10. The SMILES string of the molecule is C[C@@]1(c2ccccc2)NC(=S)SC1=O. The van der Waals surface area contributed by atoms with E-state index in [0.717, 1.165) is 17.3 Å².